The molecule has 1 aromatic carbocycles. The molecule has 0 aliphatic carbocycles. The van der Waals surface area contributed by atoms with Gasteiger partial charge in [-0.25, -0.2) is 13.6 Å². The maximum Gasteiger partial charge on any atom is 0.238 e. The number of sulfonamides is 1. The number of primary sulfonamides is 1. The topological polar surface area (TPSA) is 80.4 Å². The summed E-state index contributed by atoms with van der Waals surface area (Å²) in [6, 6.07) is 4.34. The Morgan fingerprint density at radius 3 is 2.46 bits per heavy atom. The molecule has 1 aromatic rings. The number of nitrogens with two attached hydrogens (primary N) is 1. The van der Waals surface area contributed by atoms with Crippen molar-refractivity contribution in [3.05, 3.63) is 28.2 Å². The molecule has 72 valence electrons. The minimum absolute atomic E-state index is 0.00840. The molecule has 1 rings (SSSR count). The van der Waals surface area contributed by atoms with Crippen LogP contribution >= 0.6 is 15.9 Å². The van der Waals surface area contributed by atoms with E-state index in [2.05, 4.69) is 15.9 Å². The van der Waals surface area contributed by atoms with Crippen molar-refractivity contribution in [2.75, 3.05) is 0 Å². The first kappa shape index (κ1) is 10.6. The first-order valence-electron chi connectivity index (χ1n) is 3.36. The molecular formula is C7H8BrNO3S. The van der Waals surface area contributed by atoms with E-state index in [4.69, 9.17) is 10.2 Å². The fraction of sp³-hybridized carbons (Fsp3) is 0.143. The van der Waals surface area contributed by atoms with E-state index in [0.717, 1.165) is 0 Å². The Bertz CT molecular complexity index is 416. The molecule has 0 saturated carbocycles. The number of aliphatic hydroxyl groups is 1. The minimum atomic E-state index is -3.70. The number of benzene rings is 1. The molecule has 4 nitrogen and oxygen atoms in total. The van der Waals surface area contributed by atoms with Gasteiger partial charge in [0, 0.05) is 4.47 Å². The van der Waals surface area contributed by atoms with E-state index >= 15 is 0 Å². The maximum atomic E-state index is 10.9. The van der Waals surface area contributed by atoms with E-state index in [9.17, 15) is 8.42 Å². The van der Waals surface area contributed by atoms with Crippen LogP contribution < -0.4 is 5.14 Å². The fourth-order valence-electron chi connectivity index (χ4n) is 0.876. The minimum Gasteiger partial charge on any atom is -0.392 e. The second kappa shape index (κ2) is 3.75. The second-order valence-electron chi connectivity index (χ2n) is 2.50. The van der Waals surface area contributed by atoms with E-state index in [1.165, 1.54) is 12.1 Å². The van der Waals surface area contributed by atoms with Crippen molar-refractivity contribution in [2.24, 2.45) is 5.14 Å². The standard InChI is InChI=1S/C7H8BrNO3S/c8-6-1-5(4-10)2-7(3-6)13(9,11)12/h1-3,10H,4H2,(H2,9,11,12). The lowest BCUT2D eigenvalue weighted by molar-refractivity contribution is 0.281. The van der Waals surface area contributed by atoms with Crippen LogP contribution in [0.2, 0.25) is 0 Å². The van der Waals surface area contributed by atoms with Crippen LogP contribution in [0, 0.1) is 0 Å². The van der Waals surface area contributed by atoms with Crippen LogP contribution in [0.4, 0.5) is 0 Å². The second-order valence-corrected chi connectivity index (χ2v) is 4.98. The van der Waals surface area contributed by atoms with E-state index in [-0.39, 0.29) is 11.5 Å². The zero-order chi connectivity index (χ0) is 10.1. The van der Waals surface area contributed by atoms with Gasteiger partial charge in [-0.3, -0.25) is 0 Å². The number of aliphatic hydroxyl groups excluding tert-OH is 1. The molecule has 0 heterocycles. The molecule has 0 saturated heterocycles. The zero-order valence-electron chi connectivity index (χ0n) is 6.57. The van der Waals surface area contributed by atoms with Gasteiger partial charge in [0.15, 0.2) is 0 Å². The van der Waals surface area contributed by atoms with Crippen LogP contribution in [0.1, 0.15) is 5.56 Å². The molecule has 0 aliphatic rings. The molecule has 0 radical (unpaired) electrons. The van der Waals surface area contributed by atoms with Crippen molar-refractivity contribution >= 4 is 26.0 Å². The van der Waals surface area contributed by atoms with Gasteiger partial charge in [-0.1, -0.05) is 15.9 Å². The molecule has 0 bridgehead atoms. The normalized spacial score (nSPS) is 11.6. The van der Waals surface area contributed by atoms with Gasteiger partial charge >= 0.3 is 0 Å². The molecule has 0 unspecified atom stereocenters. The predicted octanol–water partition coefficient (Wildman–Crippen LogP) is 0.589. The number of hydrogen-bond donors (Lipinski definition) is 2. The molecule has 0 fully saturated rings. The third-order valence-electron chi connectivity index (χ3n) is 1.44. The molecule has 6 heteroatoms. The van der Waals surface area contributed by atoms with Gasteiger partial charge in [-0.2, -0.15) is 0 Å². The van der Waals surface area contributed by atoms with Crippen LogP contribution in [0.3, 0.4) is 0 Å². The van der Waals surface area contributed by atoms with Gasteiger partial charge in [0.05, 0.1) is 11.5 Å². The average molecular weight is 266 g/mol. The van der Waals surface area contributed by atoms with Gasteiger partial charge in [0.25, 0.3) is 0 Å². The zero-order valence-corrected chi connectivity index (χ0v) is 8.97. The summed E-state index contributed by atoms with van der Waals surface area (Å²) in [4.78, 5) is -0.00840. The van der Waals surface area contributed by atoms with Crippen molar-refractivity contribution in [3.8, 4) is 0 Å². The molecule has 0 amide bonds. The highest BCUT2D eigenvalue weighted by molar-refractivity contribution is 9.10. The van der Waals surface area contributed by atoms with E-state index in [0.29, 0.717) is 10.0 Å². The van der Waals surface area contributed by atoms with Crippen LogP contribution in [-0.2, 0) is 16.6 Å². The van der Waals surface area contributed by atoms with Crippen molar-refractivity contribution in [1.29, 1.82) is 0 Å². The molecule has 0 aliphatic heterocycles. The highest BCUT2D eigenvalue weighted by atomic mass is 79.9. The summed E-state index contributed by atoms with van der Waals surface area (Å²) in [5.74, 6) is 0. The highest BCUT2D eigenvalue weighted by Crippen LogP contribution is 2.18. The molecule has 13 heavy (non-hydrogen) atoms. The quantitative estimate of drug-likeness (QED) is 0.822. The lowest BCUT2D eigenvalue weighted by atomic mass is 10.2. The highest BCUT2D eigenvalue weighted by Gasteiger charge is 2.09. The summed E-state index contributed by atoms with van der Waals surface area (Å²) in [6.07, 6.45) is 0. The summed E-state index contributed by atoms with van der Waals surface area (Å²) >= 11 is 3.12. The first-order chi connectivity index (χ1) is 5.93. The molecular weight excluding hydrogens is 258 g/mol. The van der Waals surface area contributed by atoms with Crippen molar-refractivity contribution < 1.29 is 13.5 Å². The van der Waals surface area contributed by atoms with E-state index < -0.39 is 10.0 Å². The molecule has 0 aromatic heterocycles. The van der Waals surface area contributed by atoms with Gasteiger partial charge in [-0.05, 0) is 23.8 Å². The fourth-order valence-corrected chi connectivity index (χ4v) is 2.18. The van der Waals surface area contributed by atoms with Crippen LogP contribution in [-0.4, -0.2) is 13.5 Å². The largest absolute Gasteiger partial charge is 0.392 e. The third kappa shape index (κ3) is 2.77. The lowest BCUT2D eigenvalue weighted by Gasteiger charge is -2.02. The molecule has 3 N–H and O–H groups in total. The van der Waals surface area contributed by atoms with Crippen LogP contribution in [0.15, 0.2) is 27.6 Å². The Hall–Kier alpha value is -0.430. The van der Waals surface area contributed by atoms with Gasteiger partial charge in [0.2, 0.25) is 10.0 Å². The van der Waals surface area contributed by atoms with Crippen LogP contribution in [0.5, 0.6) is 0 Å². The van der Waals surface area contributed by atoms with Crippen molar-refractivity contribution in [3.63, 3.8) is 0 Å². The van der Waals surface area contributed by atoms with Crippen molar-refractivity contribution in [2.45, 2.75) is 11.5 Å². The molecule has 0 atom stereocenters. The van der Waals surface area contributed by atoms with Gasteiger partial charge < -0.3 is 5.11 Å². The van der Waals surface area contributed by atoms with Crippen LogP contribution in [0.25, 0.3) is 0 Å². The Kier molecular flexibility index (Phi) is 3.07. The van der Waals surface area contributed by atoms with Gasteiger partial charge in [0.1, 0.15) is 0 Å². The average Bonchev–Trinajstić information content (AvgIpc) is 2.01. The first-order valence-corrected chi connectivity index (χ1v) is 5.70. The Morgan fingerprint density at radius 1 is 1.38 bits per heavy atom. The number of hydrogen-bond acceptors (Lipinski definition) is 3. The Morgan fingerprint density at radius 2 is 2.00 bits per heavy atom. The summed E-state index contributed by atoms with van der Waals surface area (Å²) in [7, 11) is -3.70. The number of rotatable bonds is 2. The predicted molar refractivity (Wildman–Crippen MR) is 51.4 cm³/mol. The third-order valence-corrected chi connectivity index (χ3v) is 2.79. The van der Waals surface area contributed by atoms with Crippen molar-refractivity contribution in [1.82, 2.24) is 0 Å². The summed E-state index contributed by atoms with van der Waals surface area (Å²) in [5, 5.41) is 13.7. The van der Waals surface area contributed by atoms with E-state index in [1.807, 2.05) is 0 Å². The Balaban J connectivity index is 3.33. The SMILES string of the molecule is NS(=O)(=O)c1cc(Br)cc(CO)c1. The number of halogens is 1. The Labute approximate surface area is 84.6 Å². The van der Waals surface area contributed by atoms with E-state index in [1.54, 1.807) is 6.07 Å². The van der Waals surface area contributed by atoms with Gasteiger partial charge in [-0.15, -0.1) is 0 Å². The monoisotopic (exact) mass is 265 g/mol. The summed E-state index contributed by atoms with van der Waals surface area (Å²) in [5.41, 5.74) is 0.499. The molecule has 0 spiro atoms. The maximum absolute atomic E-state index is 10.9. The smallest absolute Gasteiger partial charge is 0.238 e. The summed E-state index contributed by atoms with van der Waals surface area (Å²) in [6.45, 7) is -0.220. The summed E-state index contributed by atoms with van der Waals surface area (Å²) < 4.78 is 22.4. The lowest BCUT2D eigenvalue weighted by Crippen LogP contribution is -2.12.